The lowest BCUT2D eigenvalue weighted by atomic mass is 10.1. The van der Waals surface area contributed by atoms with Gasteiger partial charge < -0.3 is 20.5 Å². The zero-order valence-corrected chi connectivity index (χ0v) is 10.1. The van der Waals surface area contributed by atoms with Gasteiger partial charge in [0.1, 0.15) is 6.61 Å². The van der Waals surface area contributed by atoms with Crippen LogP contribution in [0.3, 0.4) is 0 Å². The summed E-state index contributed by atoms with van der Waals surface area (Å²) in [5.74, 6) is 0. The van der Waals surface area contributed by atoms with Crippen molar-refractivity contribution in [2.45, 2.75) is 25.2 Å². The lowest BCUT2D eigenvalue weighted by Crippen LogP contribution is -2.50. The number of rotatable bonds is 3. The molecule has 2 atom stereocenters. The van der Waals surface area contributed by atoms with Gasteiger partial charge in [-0.15, -0.1) is 0 Å². The summed E-state index contributed by atoms with van der Waals surface area (Å²) < 4.78 is 5.11. The zero-order chi connectivity index (χ0) is 12.8. The predicted octanol–water partition coefficient (Wildman–Crippen LogP) is 0.636. The number of carbonyl (C=O) groups excluding carboxylic acids is 1. The lowest BCUT2D eigenvalue weighted by Gasteiger charge is -2.27. The van der Waals surface area contributed by atoms with Crippen LogP contribution in [0.15, 0.2) is 30.3 Å². The van der Waals surface area contributed by atoms with Gasteiger partial charge in [0.15, 0.2) is 0 Å². The molecule has 1 amide bonds. The van der Waals surface area contributed by atoms with E-state index < -0.39 is 12.2 Å². The Morgan fingerprint density at radius 2 is 2.17 bits per heavy atom. The molecule has 1 aliphatic heterocycles. The summed E-state index contributed by atoms with van der Waals surface area (Å²) in [4.78, 5) is 11.5. The van der Waals surface area contributed by atoms with Crippen molar-refractivity contribution in [1.82, 2.24) is 10.6 Å². The maximum Gasteiger partial charge on any atom is 0.407 e. The van der Waals surface area contributed by atoms with Crippen LogP contribution in [0.5, 0.6) is 0 Å². The van der Waals surface area contributed by atoms with Gasteiger partial charge in [-0.2, -0.15) is 0 Å². The van der Waals surface area contributed by atoms with Crippen molar-refractivity contribution < 1.29 is 14.6 Å². The topological polar surface area (TPSA) is 70.6 Å². The fourth-order valence-electron chi connectivity index (χ4n) is 1.96. The summed E-state index contributed by atoms with van der Waals surface area (Å²) in [5.41, 5.74) is 0.953. The van der Waals surface area contributed by atoms with Crippen LogP contribution in [0.2, 0.25) is 0 Å². The molecule has 3 N–H and O–H groups in total. The van der Waals surface area contributed by atoms with E-state index in [2.05, 4.69) is 10.6 Å². The Hall–Kier alpha value is -1.59. The first-order valence-electron chi connectivity index (χ1n) is 6.10. The Bertz CT molecular complexity index is 383. The number of alkyl carbamates (subject to hydrolysis) is 1. The second kappa shape index (κ2) is 6.37. The Labute approximate surface area is 106 Å². The van der Waals surface area contributed by atoms with Crippen LogP contribution in [0.4, 0.5) is 4.79 Å². The third-order valence-corrected chi connectivity index (χ3v) is 2.86. The first-order valence-corrected chi connectivity index (χ1v) is 6.10. The highest BCUT2D eigenvalue weighted by Crippen LogP contribution is 2.04. The molecule has 5 nitrogen and oxygen atoms in total. The van der Waals surface area contributed by atoms with E-state index in [0.717, 1.165) is 5.56 Å². The first kappa shape index (κ1) is 12.9. The molecule has 1 aliphatic rings. The van der Waals surface area contributed by atoms with Gasteiger partial charge in [-0.25, -0.2) is 4.79 Å². The summed E-state index contributed by atoms with van der Waals surface area (Å²) >= 11 is 0. The summed E-state index contributed by atoms with van der Waals surface area (Å²) in [6.45, 7) is 1.50. The van der Waals surface area contributed by atoms with E-state index in [4.69, 9.17) is 4.74 Å². The average Bonchev–Trinajstić information content (AvgIpc) is 2.38. The van der Waals surface area contributed by atoms with Crippen LogP contribution >= 0.6 is 0 Å². The van der Waals surface area contributed by atoms with Gasteiger partial charge in [0.2, 0.25) is 0 Å². The fourth-order valence-corrected chi connectivity index (χ4v) is 1.96. The van der Waals surface area contributed by atoms with Crippen molar-refractivity contribution in [3.63, 3.8) is 0 Å². The molecule has 0 radical (unpaired) electrons. The summed E-state index contributed by atoms with van der Waals surface area (Å²) in [6, 6.07) is 9.45. The predicted molar refractivity (Wildman–Crippen MR) is 67.0 cm³/mol. The lowest BCUT2D eigenvalue weighted by molar-refractivity contribution is 0.108. The Kier molecular flexibility index (Phi) is 4.55. The molecule has 2 unspecified atom stereocenters. The van der Waals surface area contributed by atoms with Crippen LogP contribution in [0.1, 0.15) is 12.0 Å². The summed E-state index contributed by atoms with van der Waals surface area (Å²) in [6.07, 6.45) is -0.286. The first-order chi connectivity index (χ1) is 8.74. The van der Waals surface area contributed by atoms with Crippen molar-refractivity contribution in [3.05, 3.63) is 35.9 Å². The van der Waals surface area contributed by atoms with E-state index in [-0.39, 0.29) is 12.6 Å². The zero-order valence-electron chi connectivity index (χ0n) is 10.1. The molecule has 2 rings (SSSR count). The van der Waals surface area contributed by atoms with E-state index in [0.29, 0.717) is 19.5 Å². The minimum Gasteiger partial charge on any atom is -0.445 e. The van der Waals surface area contributed by atoms with Gasteiger partial charge in [0, 0.05) is 19.1 Å². The molecule has 98 valence electrons. The minimum absolute atomic E-state index is 0.0722. The number of ether oxygens (including phenoxy) is 1. The molecule has 1 aromatic carbocycles. The number of aliphatic hydroxyl groups excluding tert-OH is 1. The molecule has 18 heavy (non-hydrogen) atoms. The Balaban J connectivity index is 1.72. The molecule has 0 bridgehead atoms. The smallest absolute Gasteiger partial charge is 0.407 e. The number of carbonyl (C=O) groups is 1. The van der Waals surface area contributed by atoms with Gasteiger partial charge in [0.25, 0.3) is 0 Å². The van der Waals surface area contributed by atoms with Gasteiger partial charge in [-0.1, -0.05) is 30.3 Å². The molecule has 0 aromatic heterocycles. The number of nitrogens with one attached hydrogen (secondary N) is 2. The van der Waals surface area contributed by atoms with Crippen LogP contribution in [0.25, 0.3) is 0 Å². The summed E-state index contributed by atoms with van der Waals surface area (Å²) in [7, 11) is 0. The fraction of sp³-hybridized carbons (Fsp3) is 0.462. The number of piperidine rings is 1. The SMILES string of the molecule is O=C(NC1CNCC(O)C1)OCc1ccccc1. The highest BCUT2D eigenvalue weighted by molar-refractivity contribution is 5.67. The largest absolute Gasteiger partial charge is 0.445 e. The normalized spacial score (nSPS) is 23.4. The highest BCUT2D eigenvalue weighted by Gasteiger charge is 2.21. The molecule has 0 aliphatic carbocycles. The van der Waals surface area contributed by atoms with E-state index >= 15 is 0 Å². The van der Waals surface area contributed by atoms with Gasteiger partial charge in [-0.3, -0.25) is 0 Å². The molecular weight excluding hydrogens is 232 g/mol. The standard InChI is InChI=1S/C13H18N2O3/c16-12-6-11(7-14-8-12)15-13(17)18-9-10-4-2-1-3-5-10/h1-5,11-12,14,16H,6-9H2,(H,15,17). The average molecular weight is 250 g/mol. The summed E-state index contributed by atoms with van der Waals surface area (Å²) in [5, 5.41) is 15.2. The molecule has 1 heterocycles. The maximum absolute atomic E-state index is 11.5. The monoisotopic (exact) mass is 250 g/mol. The van der Waals surface area contributed by atoms with E-state index in [9.17, 15) is 9.90 Å². The van der Waals surface area contributed by atoms with E-state index in [1.807, 2.05) is 30.3 Å². The van der Waals surface area contributed by atoms with E-state index in [1.54, 1.807) is 0 Å². The Morgan fingerprint density at radius 1 is 1.39 bits per heavy atom. The van der Waals surface area contributed by atoms with Gasteiger partial charge >= 0.3 is 6.09 Å². The van der Waals surface area contributed by atoms with Crippen molar-refractivity contribution in [3.8, 4) is 0 Å². The molecule has 0 spiro atoms. The van der Waals surface area contributed by atoms with Crippen LogP contribution in [-0.4, -0.2) is 36.4 Å². The quantitative estimate of drug-likeness (QED) is 0.736. The molecule has 0 saturated carbocycles. The number of β-amino-alcohol motifs (C(OH)–C–C–N with tert-alkyl or cyclic N) is 1. The van der Waals surface area contributed by atoms with Crippen molar-refractivity contribution in [2.75, 3.05) is 13.1 Å². The molecule has 1 aromatic rings. The third kappa shape index (κ3) is 4.01. The van der Waals surface area contributed by atoms with Crippen molar-refractivity contribution >= 4 is 6.09 Å². The third-order valence-electron chi connectivity index (χ3n) is 2.86. The number of aliphatic hydroxyl groups is 1. The number of benzene rings is 1. The van der Waals surface area contributed by atoms with Crippen LogP contribution in [0, 0.1) is 0 Å². The van der Waals surface area contributed by atoms with Crippen LogP contribution < -0.4 is 10.6 Å². The van der Waals surface area contributed by atoms with Crippen LogP contribution in [-0.2, 0) is 11.3 Å². The molecule has 5 heteroatoms. The number of hydrogen-bond donors (Lipinski definition) is 3. The number of hydrogen-bond acceptors (Lipinski definition) is 4. The molecule has 1 fully saturated rings. The van der Waals surface area contributed by atoms with E-state index in [1.165, 1.54) is 0 Å². The second-order valence-corrected chi connectivity index (χ2v) is 4.45. The second-order valence-electron chi connectivity index (χ2n) is 4.45. The maximum atomic E-state index is 11.5. The number of amides is 1. The van der Waals surface area contributed by atoms with Gasteiger partial charge in [-0.05, 0) is 12.0 Å². The Morgan fingerprint density at radius 3 is 2.89 bits per heavy atom. The molecule has 1 saturated heterocycles. The minimum atomic E-state index is -0.445. The highest BCUT2D eigenvalue weighted by atomic mass is 16.5. The molecular formula is C13H18N2O3. The van der Waals surface area contributed by atoms with Crippen molar-refractivity contribution in [1.29, 1.82) is 0 Å². The van der Waals surface area contributed by atoms with Gasteiger partial charge in [0.05, 0.1) is 6.10 Å². The van der Waals surface area contributed by atoms with Crippen molar-refractivity contribution in [2.24, 2.45) is 0 Å².